The van der Waals surface area contributed by atoms with E-state index >= 15 is 0 Å². The van der Waals surface area contributed by atoms with Gasteiger partial charge in [-0.3, -0.25) is 9.78 Å². The standard InChI is InChI=1S/C17H22N4O/c1-4-12(2)17(22)21(14-7-8-14)16-11-20(19-13(16)3)15-6-5-9-18-10-15/h5-6,9-12,14H,4,7-8H2,1-3H3. The van der Waals surface area contributed by atoms with Gasteiger partial charge in [-0.1, -0.05) is 13.8 Å². The van der Waals surface area contributed by atoms with Gasteiger partial charge in [0.2, 0.25) is 5.91 Å². The fraction of sp³-hybridized carbons (Fsp3) is 0.471. The highest BCUT2D eigenvalue weighted by molar-refractivity contribution is 5.96. The molecule has 0 saturated heterocycles. The van der Waals surface area contributed by atoms with Gasteiger partial charge in [0.05, 0.1) is 29.5 Å². The average molecular weight is 298 g/mol. The first-order valence-electron chi connectivity index (χ1n) is 7.91. The Hall–Kier alpha value is -2.17. The minimum absolute atomic E-state index is 0.0433. The van der Waals surface area contributed by atoms with E-state index in [4.69, 9.17) is 0 Å². The van der Waals surface area contributed by atoms with Crippen LogP contribution in [0, 0.1) is 12.8 Å². The lowest BCUT2D eigenvalue weighted by molar-refractivity contribution is -0.122. The molecule has 0 aromatic carbocycles. The summed E-state index contributed by atoms with van der Waals surface area (Å²) in [5.41, 5.74) is 2.72. The molecule has 1 atom stereocenters. The van der Waals surface area contributed by atoms with E-state index in [0.717, 1.165) is 36.3 Å². The van der Waals surface area contributed by atoms with E-state index in [2.05, 4.69) is 17.0 Å². The molecule has 1 unspecified atom stereocenters. The number of rotatable bonds is 5. The molecule has 22 heavy (non-hydrogen) atoms. The summed E-state index contributed by atoms with van der Waals surface area (Å²) in [6, 6.07) is 4.18. The van der Waals surface area contributed by atoms with Gasteiger partial charge in [-0.25, -0.2) is 4.68 Å². The first kappa shape index (κ1) is 14.8. The summed E-state index contributed by atoms with van der Waals surface area (Å²) in [6.45, 7) is 6.01. The lowest BCUT2D eigenvalue weighted by atomic mass is 10.1. The van der Waals surface area contributed by atoms with Crippen molar-refractivity contribution in [2.45, 2.75) is 46.1 Å². The Morgan fingerprint density at radius 2 is 2.27 bits per heavy atom. The third-order valence-electron chi connectivity index (χ3n) is 4.23. The van der Waals surface area contributed by atoms with E-state index in [0.29, 0.717) is 6.04 Å². The molecule has 0 bridgehead atoms. The summed E-state index contributed by atoms with van der Waals surface area (Å²) in [4.78, 5) is 18.8. The lowest BCUT2D eigenvalue weighted by Gasteiger charge is -2.24. The zero-order chi connectivity index (χ0) is 15.7. The van der Waals surface area contributed by atoms with Gasteiger partial charge in [0.15, 0.2) is 0 Å². The van der Waals surface area contributed by atoms with Crippen LogP contribution in [0.2, 0.25) is 0 Å². The maximum atomic E-state index is 12.7. The third kappa shape index (κ3) is 2.75. The van der Waals surface area contributed by atoms with E-state index in [1.54, 1.807) is 17.1 Å². The minimum atomic E-state index is 0.0433. The Morgan fingerprint density at radius 3 is 2.86 bits per heavy atom. The molecular formula is C17H22N4O. The van der Waals surface area contributed by atoms with Crippen LogP contribution in [0.15, 0.2) is 30.7 Å². The van der Waals surface area contributed by atoms with Crippen LogP contribution in [0.5, 0.6) is 0 Å². The largest absolute Gasteiger partial charge is 0.306 e. The highest BCUT2D eigenvalue weighted by Crippen LogP contribution is 2.35. The van der Waals surface area contributed by atoms with Crippen LogP contribution in [-0.4, -0.2) is 26.7 Å². The van der Waals surface area contributed by atoms with Crippen LogP contribution in [0.1, 0.15) is 38.8 Å². The first-order chi connectivity index (χ1) is 10.6. The second-order valence-electron chi connectivity index (χ2n) is 6.00. The van der Waals surface area contributed by atoms with Gasteiger partial charge in [0, 0.05) is 18.2 Å². The molecular weight excluding hydrogens is 276 g/mol. The van der Waals surface area contributed by atoms with Crippen LogP contribution in [0.25, 0.3) is 5.69 Å². The second-order valence-corrected chi connectivity index (χ2v) is 6.00. The van der Waals surface area contributed by atoms with Gasteiger partial charge in [-0.15, -0.1) is 0 Å². The molecule has 2 aromatic heterocycles. The Bertz CT molecular complexity index is 661. The molecule has 5 nitrogen and oxygen atoms in total. The predicted molar refractivity (Wildman–Crippen MR) is 86.1 cm³/mol. The number of aromatic nitrogens is 3. The van der Waals surface area contributed by atoms with E-state index in [-0.39, 0.29) is 11.8 Å². The molecule has 2 heterocycles. The molecule has 0 N–H and O–H groups in total. The molecule has 1 amide bonds. The average Bonchev–Trinajstić information content (AvgIpc) is 3.31. The number of aryl methyl sites for hydroxylation is 1. The van der Waals surface area contributed by atoms with Gasteiger partial charge >= 0.3 is 0 Å². The van der Waals surface area contributed by atoms with Crippen molar-refractivity contribution in [2.24, 2.45) is 5.92 Å². The topological polar surface area (TPSA) is 51.0 Å². The molecule has 1 fully saturated rings. The number of pyridine rings is 1. The molecule has 0 aliphatic heterocycles. The van der Waals surface area contributed by atoms with Gasteiger partial charge in [-0.05, 0) is 38.3 Å². The van der Waals surface area contributed by atoms with Crippen molar-refractivity contribution >= 4 is 11.6 Å². The van der Waals surface area contributed by atoms with Gasteiger partial charge < -0.3 is 4.90 Å². The predicted octanol–water partition coefficient (Wildman–Crippen LogP) is 3.12. The Morgan fingerprint density at radius 1 is 1.50 bits per heavy atom. The van der Waals surface area contributed by atoms with E-state index in [9.17, 15) is 4.79 Å². The van der Waals surface area contributed by atoms with Gasteiger partial charge in [0.25, 0.3) is 0 Å². The zero-order valence-corrected chi connectivity index (χ0v) is 13.4. The number of hydrogen-bond acceptors (Lipinski definition) is 3. The monoisotopic (exact) mass is 298 g/mol. The van der Waals surface area contributed by atoms with E-state index in [1.807, 2.05) is 37.1 Å². The van der Waals surface area contributed by atoms with E-state index in [1.165, 1.54) is 0 Å². The normalized spacial score (nSPS) is 15.6. The number of amides is 1. The lowest BCUT2D eigenvalue weighted by Crippen LogP contribution is -2.37. The molecule has 3 rings (SSSR count). The summed E-state index contributed by atoms with van der Waals surface area (Å²) in [5, 5.41) is 4.56. The van der Waals surface area contributed by atoms with Crippen molar-refractivity contribution in [1.82, 2.24) is 14.8 Å². The van der Waals surface area contributed by atoms with Crippen LogP contribution in [0.4, 0.5) is 5.69 Å². The number of carbonyl (C=O) groups is 1. The Balaban J connectivity index is 1.95. The molecule has 2 aromatic rings. The van der Waals surface area contributed by atoms with Crippen molar-refractivity contribution in [3.05, 3.63) is 36.4 Å². The highest BCUT2D eigenvalue weighted by Gasteiger charge is 2.36. The highest BCUT2D eigenvalue weighted by atomic mass is 16.2. The first-order valence-corrected chi connectivity index (χ1v) is 7.91. The molecule has 1 aliphatic rings. The van der Waals surface area contributed by atoms with Crippen molar-refractivity contribution < 1.29 is 4.79 Å². The molecule has 0 spiro atoms. The second kappa shape index (κ2) is 5.91. The summed E-state index contributed by atoms with van der Waals surface area (Å²) < 4.78 is 1.80. The van der Waals surface area contributed by atoms with Crippen molar-refractivity contribution in [2.75, 3.05) is 4.90 Å². The number of anilines is 1. The van der Waals surface area contributed by atoms with Crippen LogP contribution >= 0.6 is 0 Å². The molecule has 1 aliphatic carbocycles. The maximum Gasteiger partial charge on any atom is 0.230 e. The van der Waals surface area contributed by atoms with Crippen LogP contribution in [0.3, 0.4) is 0 Å². The van der Waals surface area contributed by atoms with E-state index < -0.39 is 0 Å². The summed E-state index contributed by atoms with van der Waals surface area (Å²) in [7, 11) is 0. The maximum absolute atomic E-state index is 12.7. The summed E-state index contributed by atoms with van der Waals surface area (Å²) >= 11 is 0. The SMILES string of the molecule is CCC(C)C(=O)N(c1cn(-c2cccnc2)nc1C)C1CC1. The smallest absolute Gasteiger partial charge is 0.230 e. The Kier molecular flexibility index (Phi) is 3.96. The number of carbonyl (C=O) groups excluding carboxylic acids is 1. The molecule has 5 heteroatoms. The van der Waals surface area contributed by atoms with Crippen molar-refractivity contribution in [3.8, 4) is 5.69 Å². The number of nitrogens with zero attached hydrogens (tertiary/aromatic N) is 4. The minimum Gasteiger partial charge on any atom is -0.306 e. The zero-order valence-electron chi connectivity index (χ0n) is 13.4. The van der Waals surface area contributed by atoms with Crippen LogP contribution < -0.4 is 4.90 Å². The number of hydrogen-bond donors (Lipinski definition) is 0. The van der Waals surface area contributed by atoms with Crippen molar-refractivity contribution in [1.29, 1.82) is 0 Å². The van der Waals surface area contributed by atoms with Crippen LogP contribution in [-0.2, 0) is 4.79 Å². The van der Waals surface area contributed by atoms with Gasteiger partial charge in [-0.2, -0.15) is 5.10 Å². The molecule has 116 valence electrons. The quantitative estimate of drug-likeness (QED) is 0.852. The summed E-state index contributed by atoms with van der Waals surface area (Å²) in [5.74, 6) is 0.251. The molecule has 1 saturated carbocycles. The Labute approximate surface area is 131 Å². The summed E-state index contributed by atoms with van der Waals surface area (Å²) in [6.07, 6.45) is 8.49. The van der Waals surface area contributed by atoms with Crippen molar-refractivity contribution in [3.63, 3.8) is 0 Å². The fourth-order valence-electron chi connectivity index (χ4n) is 2.55. The molecule has 0 radical (unpaired) electrons. The van der Waals surface area contributed by atoms with Gasteiger partial charge in [0.1, 0.15) is 0 Å². The fourth-order valence-corrected chi connectivity index (χ4v) is 2.55. The third-order valence-corrected chi connectivity index (χ3v) is 4.23.